The van der Waals surface area contributed by atoms with Crippen molar-refractivity contribution in [3.8, 4) is 0 Å². The monoisotopic (exact) mass is 277 g/mol. The Kier molecular flexibility index (Phi) is 6.03. The van der Waals surface area contributed by atoms with Gasteiger partial charge in [0.2, 0.25) is 5.91 Å². The molecular weight excluding hydrogens is 254 g/mol. The molecule has 5 heteroatoms. The third-order valence-corrected chi connectivity index (χ3v) is 3.25. The summed E-state index contributed by atoms with van der Waals surface area (Å²) in [7, 11) is 0. The zero-order valence-corrected chi connectivity index (χ0v) is 12.4. The SMILES string of the molecule is CCCN(CC(N)=NO)C(=O)Cc1ccc(C)c(C)c1. The van der Waals surface area contributed by atoms with E-state index in [1.807, 2.05) is 39.0 Å². The van der Waals surface area contributed by atoms with Crippen molar-refractivity contribution in [1.82, 2.24) is 4.90 Å². The normalized spacial score (nSPS) is 11.4. The Bertz CT molecular complexity index is 498. The van der Waals surface area contributed by atoms with Gasteiger partial charge in [0, 0.05) is 6.54 Å². The molecule has 0 heterocycles. The minimum atomic E-state index is -0.0123. The number of oxime groups is 1. The van der Waals surface area contributed by atoms with Crippen LogP contribution in [0.25, 0.3) is 0 Å². The van der Waals surface area contributed by atoms with E-state index in [4.69, 9.17) is 10.9 Å². The van der Waals surface area contributed by atoms with Crippen LogP contribution in [-0.4, -0.2) is 34.9 Å². The van der Waals surface area contributed by atoms with Crippen molar-refractivity contribution < 1.29 is 10.0 Å². The fraction of sp³-hybridized carbons (Fsp3) is 0.467. The number of amidine groups is 1. The van der Waals surface area contributed by atoms with E-state index < -0.39 is 0 Å². The smallest absolute Gasteiger partial charge is 0.227 e. The number of aryl methyl sites for hydroxylation is 2. The average molecular weight is 277 g/mol. The predicted octanol–water partition coefficient (Wildman–Crippen LogP) is 1.83. The van der Waals surface area contributed by atoms with E-state index in [0.717, 1.165) is 12.0 Å². The first-order chi connectivity index (χ1) is 9.47. The molecule has 0 saturated heterocycles. The number of benzene rings is 1. The van der Waals surface area contributed by atoms with E-state index in [1.165, 1.54) is 11.1 Å². The summed E-state index contributed by atoms with van der Waals surface area (Å²) >= 11 is 0. The molecule has 0 fully saturated rings. The molecule has 1 aromatic carbocycles. The molecule has 0 bridgehead atoms. The standard InChI is InChI=1S/C15H23N3O2/c1-4-7-18(10-14(16)17-20)15(19)9-13-6-5-11(2)12(3)8-13/h5-6,8,20H,4,7,9-10H2,1-3H3,(H2,16,17). The number of nitrogens with zero attached hydrogens (tertiary/aromatic N) is 2. The molecule has 3 N–H and O–H groups in total. The van der Waals surface area contributed by atoms with Crippen LogP contribution in [0, 0.1) is 13.8 Å². The second-order valence-electron chi connectivity index (χ2n) is 5.00. The number of rotatable bonds is 6. The van der Waals surface area contributed by atoms with Crippen molar-refractivity contribution in [2.24, 2.45) is 10.9 Å². The van der Waals surface area contributed by atoms with Gasteiger partial charge in [-0.25, -0.2) is 0 Å². The van der Waals surface area contributed by atoms with E-state index in [-0.39, 0.29) is 18.3 Å². The molecule has 1 aromatic rings. The van der Waals surface area contributed by atoms with Gasteiger partial charge in [0.25, 0.3) is 0 Å². The Morgan fingerprint density at radius 3 is 2.60 bits per heavy atom. The lowest BCUT2D eigenvalue weighted by Crippen LogP contribution is -2.39. The van der Waals surface area contributed by atoms with E-state index in [1.54, 1.807) is 4.90 Å². The predicted molar refractivity (Wildman–Crippen MR) is 79.9 cm³/mol. The molecule has 110 valence electrons. The van der Waals surface area contributed by atoms with Crippen LogP contribution in [0.4, 0.5) is 0 Å². The van der Waals surface area contributed by atoms with Crippen LogP contribution >= 0.6 is 0 Å². The quantitative estimate of drug-likeness (QED) is 0.360. The molecule has 0 aliphatic heterocycles. The van der Waals surface area contributed by atoms with Gasteiger partial charge >= 0.3 is 0 Å². The largest absolute Gasteiger partial charge is 0.409 e. The van der Waals surface area contributed by atoms with Crippen LogP contribution in [0.2, 0.25) is 0 Å². The average Bonchev–Trinajstić information content (AvgIpc) is 2.42. The molecule has 1 rings (SSSR count). The molecule has 0 radical (unpaired) electrons. The topological polar surface area (TPSA) is 78.9 Å². The zero-order chi connectivity index (χ0) is 15.1. The molecule has 0 unspecified atom stereocenters. The van der Waals surface area contributed by atoms with E-state index in [2.05, 4.69) is 5.16 Å². The van der Waals surface area contributed by atoms with Crippen LogP contribution in [0.3, 0.4) is 0 Å². The highest BCUT2D eigenvalue weighted by atomic mass is 16.4. The third-order valence-electron chi connectivity index (χ3n) is 3.25. The van der Waals surface area contributed by atoms with E-state index >= 15 is 0 Å². The number of hydrogen-bond acceptors (Lipinski definition) is 3. The first-order valence-electron chi connectivity index (χ1n) is 6.78. The molecular formula is C15H23N3O2. The number of amides is 1. The molecule has 0 atom stereocenters. The van der Waals surface area contributed by atoms with Crippen LogP contribution in [0.1, 0.15) is 30.0 Å². The second-order valence-corrected chi connectivity index (χ2v) is 5.00. The third kappa shape index (κ3) is 4.57. The maximum atomic E-state index is 12.3. The number of carbonyl (C=O) groups excluding carboxylic acids is 1. The van der Waals surface area contributed by atoms with Gasteiger partial charge in [-0.2, -0.15) is 0 Å². The van der Waals surface area contributed by atoms with Gasteiger partial charge < -0.3 is 15.8 Å². The summed E-state index contributed by atoms with van der Waals surface area (Å²) in [5.41, 5.74) is 8.86. The van der Waals surface area contributed by atoms with Crippen molar-refractivity contribution in [1.29, 1.82) is 0 Å². The summed E-state index contributed by atoms with van der Waals surface area (Å²) < 4.78 is 0. The van der Waals surface area contributed by atoms with Gasteiger partial charge in [0.15, 0.2) is 5.84 Å². The lowest BCUT2D eigenvalue weighted by atomic mass is 10.0. The summed E-state index contributed by atoms with van der Waals surface area (Å²) in [5, 5.41) is 11.5. The molecule has 20 heavy (non-hydrogen) atoms. The maximum absolute atomic E-state index is 12.3. The van der Waals surface area contributed by atoms with Crippen molar-refractivity contribution >= 4 is 11.7 Å². The molecule has 0 saturated carbocycles. The Hall–Kier alpha value is -2.04. The summed E-state index contributed by atoms with van der Waals surface area (Å²) in [6, 6.07) is 6.01. The van der Waals surface area contributed by atoms with Gasteiger partial charge in [-0.3, -0.25) is 4.79 Å². The first kappa shape index (κ1) is 16.0. The Balaban J connectivity index is 2.76. The molecule has 1 amide bonds. The van der Waals surface area contributed by atoms with Crippen LogP contribution in [-0.2, 0) is 11.2 Å². The Labute approximate surface area is 120 Å². The van der Waals surface area contributed by atoms with Crippen LogP contribution < -0.4 is 5.73 Å². The fourth-order valence-electron chi connectivity index (χ4n) is 1.99. The van der Waals surface area contributed by atoms with Gasteiger partial charge in [-0.15, -0.1) is 0 Å². The minimum Gasteiger partial charge on any atom is -0.409 e. The first-order valence-corrected chi connectivity index (χ1v) is 6.78. The fourth-order valence-corrected chi connectivity index (χ4v) is 1.99. The number of carbonyl (C=O) groups is 1. The van der Waals surface area contributed by atoms with Gasteiger partial charge in [-0.05, 0) is 37.0 Å². The van der Waals surface area contributed by atoms with Crippen LogP contribution in [0.15, 0.2) is 23.4 Å². The molecule has 0 aliphatic carbocycles. The van der Waals surface area contributed by atoms with Crippen molar-refractivity contribution in [3.05, 3.63) is 34.9 Å². The molecule has 0 aromatic heterocycles. The molecule has 0 aliphatic rings. The zero-order valence-electron chi connectivity index (χ0n) is 12.4. The highest BCUT2D eigenvalue weighted by Gasteiger charge is 2.15. The van der Waals surface area contributed by atoms with Gasteiger partial charge in [0.05, 0.1) is 13.0 Å². The lowest BCUT2D eigenvalue weighted by molar-refractivity contribution is -0.129. The van der Waals surface area contributed by atoms with Crippen molar-refractivity contribution in [2.45, 2.75) is 33.6 Å². The van der Waals surface area contributed by atoms with Crippen molar-refractivity contribution in [2.75, 3.05) is 13.1 Å². The summed E-state index contributed by atoms with van der Waals surface area (Å²) in [6.07, 6.45) is 1.16. The maximum Gasteiger partial charge on any atom is 0.227 e. The second kappa shape index (κ2) is 7.53. The Morgan fingerprint density at radius 2 is 2.05 bits per heavy atom. The number of hydrogen-bond donors (Lipinski definition) is 2. The summed E-state index contributed by atoms with van der Waals surface area (Å²) in [4.78, 5) is 13.9. The van der Waals surface area contributed by atoms with Gasteiger partial charge in [-0.1, -0.05) is 30.3 Å². The number of nitrogens with two attached hydrogens (primary N) is 1. The Morgan fingerprint density at radius 1 is 1.35 bits per heavy atom. The molecule has 5 nitrogen and oxygen atoms in total. The highest BCUT2D eigenvalue weighted by Crippen LogP contribution is 2.11. The minimum absolute atomic E-state index is 0.0123. The van der Waals surface area contributed by atoms with E-state index in [9.17, 15) is 4.79 Å². The van der Waals surface area contributed by atoms with Gasteiger partial charge in [0.1, 0.15) is 0 Å². The lowest BCUT2D eigenvalue weighted by Gasteiger charge is -2.21. The summed E-state index contributed by atoms with van der Waals surface area (Å²) in [6.45, 7) is 6.82. The summed E-state index contributed by atoms with van der Waals surface area (Å²) in [5.74, 6) is 0.0357. The highest BCUT2D eigenvalue weighted by molar-refractivity contribution is 5.87. The van der Waals surface area contributed by atoms with E-state index in [0.29, 0.717) is 13.0 Å². The van der Waals surface area contributed by atoms with Crippen molar-refractivity contribution in [3.63, 3.8) is 0 Å². The van der Waals surface area contributed by atoms with Crippen LogP contribution in [0.5, 0.6) is 0 Å². The molecule has 0 spiro atoms.